The van der Waals surface area contributed by atoms with Gasteiger partial charge in [0.25, 0.3) is 11.1 Å². The van der Waals surface area contributed by atoms with Crippen molar-refractivity contribution in [3.63, 3.8) is 0 Å². The third-order valence-corrected chi connectivity index (χ3v) is 6.60. The van der Waals surface area contributed by atoms with Crippen molar-refractivity contribution in [2.45, 2.75) is 13.5 Å². The lowest BCUT2D eigenvalue weighted by Crippen LogP contribution is -2.27. The molecule has 0 aromatic heterocycles. The second-order valence-electron chi connectivity index (χ2n) is 7.68. The van der Waals surface area contributed by atoms with Gasteiger partial charge < -0.3 is 9.47 Å². The first-order valence-electron chi connectivity index (χ1n) is 10.4. The highest BCUT2D eigenvalue weighted by Crippen LogP contribution is 2.39. The van der Waals surface area contributed by atoms with Gasteiger partial charge in [-0.25, -0.2) is 4.79 Å². The predicted molar refractivity (Wildman–Crippen MR) is 137 cm³/mol. The maximum Gasteiger partial charge on any atom is 0.343 e. The fraction of sp³-hybridized carbons (Fsp3) is 0.115. The van der Waals surface area contributed by atoms with Crippen LogP contribution >= 0.6 is 35.0 Å². The van der Waals surface area contributed by atoms with Crippen molar-refractivity contribution in [3.05, 3.63) is 97.9 Å². The minimum atomic E-state index is -0.633. The number of thioether (sulfide) groups is 1. The molecule has 0 aliphatic carbocycles. The van der Waals surface area contributed by atoms with Crippen molar-refractivity contribution in [3.8, 4) is 11.5 Å². The lowest BCUT2D eigenvalue weighted by molar-refractivity contribution is -0.123. The minimum absolute atomic E-state index is 0.0405. The van der Waals surface area contributed by atoms with Crippen molar-refractivity contribution in [1.29, 1.82) is 0 Å². The summed E-state index contributed by atoms with van der Waals surface area (Å²) < 4.78 is 10.8. The summed E-state index contributed by atoms with van der Waals surface area (Å²) in [7, 11) is 1.41. The van der Waals surface area contributed by atoms with E-state index in [0.29, 0.717) is 16.1 Å². The smallest absolute Gasteiger partial charge is 0.343 e. The number of rotatable bonds is 6. The molecule has 178 valence electrons. The van der Waals surface area contributed by atoms with Gasteiger partial charge in [0.15, 0.2) is 11.5 Å². The molecular weight excluding hydrogens is 509 g/mol. The van der Waals surface area contributed by atoms with E-state index in [9.17, 15) is 14.4 Å². The van der Waals surface area contributed by atoms with Crippen LogP contribution in [0.25, 0.3) is 6.08 Å². The molecule has 1 fully saturated rings. The van der Waals surface area contributed by atoms with Gasteiger partial charge in [-0.3, -0.25) is 14.5 Å². The second kappa shape index (κ2) is 10.6. The summed E-state index contributed by atoms with van der Waals surface area (Å²) >= 11 is 13.1. The van der Waals surface area contributed by atoms with Gasteiger partial charge in [-0.2, -0.15) is 0 Å². The van der Waals surface area contributed by atoms with Crippen LogP contribution in [0.3, 0.4) is 0 Å². The van der Waals surface area contributed by atoms with Crippen LogP contribution < -0.4 is 9.47 Å². The van der Waals surface area contributed by atoms with E-state index in [0.717, 1.165) is 22.9 Å². The van der Waals surface area contributed by atoms with Gasteiger partial charge in [0, 0.05) is 5.02 Å². The summed E-state index contributed by atoms with van der Waals surface area (Å²) in [6, 6.07) is 17.0. The number of esters is 1. The Kier molecular flexibility index (Phi) is 7.50. The molecule has 0 atom stereocenters. The summed E-state index contributed by atoms with van der Waals surface area (Å²) in [5.74, 6) is -0.788. The Morgan fingerprint density at radius 3 is 2.37 bits per heavy atom. The number of halogens is 2. The van der Waals surface area contributed by atoms with Crippen molar-refractivity contribution in [2.24, 2.45) is 0 Å². The molecule has 0 saturated carbocycles. The van der Waals surface area contributed by atoms with Crippen molar-refractivity contribution in [1.82, 2.24) is 4.90 Å². The third-order valence-electron chi connectivity index (χ3n) is 5.16. The quantitative estimate of drug-likeness (QED) is 0.200. The fourth-order valence-corrected chi connectivity index (χ4v) is 4.55. The monoisotopic (exact) mass is 527 g/mol. The summed E-state index contributed by atoms with van der Waals surface area (Å²) in [4.78, 5) is 39.3. The number of amides is 2. The van der Waals surface area contributed by atoms with Crippen LogP contribution in [0.1, 0.15) is 27.0 Å². The van der Waals surface area contributed by atoms with E-state index in [-0.39, 0.29) is 33.2 Å². The minimum Gasteiger partial charge on any atom is -0.493 e. The molecule has 9 heteroatoms. The number of ether oxygens (including phenoxy) is 2. The molecule has 1 saturated heterocycles. The number of hydrogen-bond acceptors (Lipinski definition) is 6. The van der Waals surface area contributed by atoms with Crippen LogP contribution in [0.5, 0.6) is 11.5 Å². The molecule has 1 aliphatic heterocycles. The average molecular weight is 528 g/mol. The molecule has 3 aromatic rings. The Hall–Kier alpha value is -3.26. The highest BCUT2D eigenvalue weighted by atomic mass is 35.5. The molecule has 2 amide bonds. The number of nitrogens with zero attached hydrogens (tertiary/aromatic N) is 1. The van der Waals surface area contributed by atoms with Crippen LogP contribution in [0, 0.1) is 6.92 Å². The molecule has 1 aliphatic rings. The molecule has 0 bridgehead atoms. The Morgan fingerprint density at radius 1 is 1.03 bits per heavy atom. The van der Waals surface area contributed by atoms with Gasteiger partial charge in [-0.15, -0.1) is 0 Å². The van der Waals surface area contributed by atoms with Gasteiger partial charge in [-0.05, 0) is 72.3 Å². The van der Waals surface area contributed by atoms with E-state index in [2.05, 4.69) is 0 Å². The number of carbonyl (C=O) groups excluding carboxylic acids is 3. The van der Waals surface area contributed by atoms with E-state index in [4.69, 9.17) is 32.7 Å². The Balaban J connectivity index is 1.55. The first kappa shape index (κ1) is 24.9. The summed E-state index contributed by atoms with van der Waals surface area (Å²) in [6.07, 6.45) is 1.55. The standard InChI is InChI=1S/C26H19Cl2NO5S/c1-15-3-5-16(6-4-15)14-29-24(30)22(35-26(29)32)13-17-11-20(28)23(21(12-17)33-2)34-25(31)18-7-9-19(27)10-8-18/h3-13H,14H2,1-2H3/b22-13-. The zero-order valence-corrected chi connectivity index (χ0v) is 21.0. The van der Waals surface area contributed by atoms with Crippen molar-refractivity contribution >= 4 is 58.2 Å². The number of carbonyl (C=O) groups is 3. The van der Waals surface area contributed by atoms with Gasteiger partial charge in [0.05, 0.1) is 29.1 Å². The molecule has 4 rings (SSSR count). The van der Waals surface area contributed by atoms with Gasteiger partial charge >= 0.3 is 5.97 Å². The SMILES string of the molecule is COc1cc(/C=C2\SC(=O)N(Cc3ccc(C)cc3)C2=O)cc(Cl)c1OC(=O)c1ccc(Cl)cc1. The van der Waals surface area contributed by atoms with E-state index in [1.807, 2.05) is 31.2 Å². The molecule has 35 heavy (non-hydrogen) atoms. The fourth-order valence-electron chi connectivity index (χ4n) is 3.32. The van der Waals surface area contributed by atoms with Crippen LogP contribution in [0.4, 0.5) is 4.79 Å². The van der Waals surface area contributed by atoms with E-state index in [1.165, 1.54) is 30.2 Å². The topological polar surface area (TPSA) is 72.9 Å². The second-order valence-corrected chi connectivity index (χ2v) is 9.52. The van der Waals surface area contributed by atoms with Crippen LogP contribution in [0.2, 0.25) is 10.0 Å². The number of hydrogen-bond donors (Lipinski definition) is 0. The molecule has 1 heterocycles. The zero-order valence-electron chi connectivity index (χ0n) is 18.7. The highest BCUT2D eigenvalue weighted by Gasteiger charge is 2.35. The van der Waals surface area contributed by atoms with E-state index >= 15 is 0 Å². The Labute approximate surface area is 216 Å². The largest absolute Gasteiger partial charge is 0.493 e. The zero-order chi connectivity index (χ0) is 25.1. The van der Waals surface area contributed by atoms with E-state index in [1.54, 1.807) is 24.3 Å². The number of aryl methyl sites for hydroxylation is 1. The van der Waals surface area contributed by atoms with E-state index < -0.39 is 11.9 Å². The highest BCUT2D eigenvalue weighted by molar-refractivity contribution is 8.18. The lowest BCUT2D eigenvalue weighted by atomic mass is 10.1. The van der Waals surface area contributed by atoms with Crippen LogP contribution in [-0.2, 0) is 11.3 Å². The molecular formula is C26H19Cl2NO5S. The third kappa shape index (κ3) is 5.70. The summed E-state index contributed by atoms with van der Waals surface area (Å²) in [5, 5.41) is 0.245. The molecule has 6 nitrogen and oxygen atoms in total. The molecule has 0 N–H and O–H groups in total. The first-order chi connectivity index (χ1) is 16.7. The summed E-state index contributed by atoms with van der Waals surface area (Å²) in [6.45, 7) is 2.15. The predicted octanol–water partition coefficient (Wildman–Crippen LogP) is 6.77. The first-order valence-corrected chi connectivity index (χ1v) is 12.0. The average Bonchev–Trinajstić information content (AvgIpc) is 3.09. The van der Waals surface area contributed by atoms with Crippen molar-refractivity contribution in [2.75, 3.05) is 7.11 Å². The molecule has 0 radical (unpaired) electrons. The number of methoxy groups -OCH3 is 1. The molecule has 0 spiro atoms. The van der Waals surface area contributed by atoms with Gasteiger partial charge in [0.2, 0.25) is 0 Å². The molecule has 3 aromatic carbocycles. The number of benzene rings is 3. The van der Waals surface area contributed by atoms with Crippen LogP contribution in [-0.4, -0.2) is 29.1 Å². The summed E-state index contributed by atoms with van der Waals surface area (Å²) in [5.41, 5.74) is 2.75. The lowest BCUT2D eigenvalue weighted by Gasteiger charge is -2.13. The van der Waals surface area contributed by atoms with Gasteiger partial charge in [0.1, 0.15) is 0 Å². The normalized spacial score (nSPS) is 14.5. The number of imide groups is 1. The Bertz CT molecular complexity index is 1340. The van der Waals surface area contributed by atoms with Crippen LogP contribution in [0.15, 0.2) is 65.6 Å². The maximum absolute atomic E-state index is 12.9. The maximum atomic E-state index is 12.9. The molecule has 0 unspecified atom stereocenters. The van der Waals surface area contributed by atoms with Gasteiger partial charge in [-0.1, -0.05) is 53.0 Å². The Morgan fingerprint density at radius 2 is 1.71 bits per heavy atom. The van der Waals surface area contributed by atoms with Crippen molar-refractivity contribution < 1.29 is 23.9 Å².